The summed E-state index contributed by atoms with van der Waals surface area (Å²) < 4.78 is 0. The molecule has 2 atom stereocenters. The fourth-order valence-corrected chi connectivity index (χ4v) is 4.37. The number of benzene rings is 1. The third-order valence-electron chi connectivity index (χ3n) is 6.05. The number of imidazole rings is 1. The average molecular weight is 426 g/mol. The van der Waals surface area contributed by atoms with E-state index in [1.807, 2.05) is 20.8 Å². The van der Waals surface area contributed by atoms with Crippen LogP contribution in [0.3, 0.4) is 0 Å². The summed E-state index contributed by atoms with van der Waals surface area (Å²) in [6, 6.07) is 6.95. The highest BCUT2D eigenvalue weighted by molar-refractivity contribution is 5.80. The Morgan fingerprint density at radius 2 is 2.13 bits per heavy atom. The van der Waals surface area contributed by atoms with Crippen LogP contribution in [0.5, 0.6) is 0 Å². The maximum absolute atomic E-state index is 13.3. The summed E-state index contributed by atoms with van der Waals surface area (Å²) in [5, 5.41) is 22.6. The molecule has 2 amide bonds. The monoisotopic (exact) mass is 425 g/mol. The van der Waals surface area contributed by atoms with E-state index in [4.69, 9.17) is 5.26 Å². The quantitative estimate of drug-likeness (QED) is 0.338. The molecule has 0 radical (unpaired) electrons. The molecule has 3 rings (SSSR count). The van der Waals surface area contributed by atoms with E-state index in [-0.39, 0.29) is 17.9 Å². The fourth-order valence-electron chi connectivity index (χ4n) is 4.37. The smallest absolute Gasteiger partial charge is 0.233 e. The van der Waals surface area contributed by atoms with Gasteiger partial charge in [-0.05, 0) is 36.0 Å². The van der Waals surface area contributed by atoms with Crippen molar-refractivity contribution in [2.45, 2.75) is 58.9 Å². The average Bonchev–Trinajstić information content (AvgIpc) is 3.38. The minimum absolute atomic E-state index is 0.0334. The largest absolute Gasteiger partial charge is 0.345 e. The maximum Gasteiger partial charge on any atom is 0.233 e. The zero-order valence-electron chi connectivity index (χ0n) is 18.4. The van der Waals surface area contributed by atoms with Gasteiger partial charge in [0, 0.05) is 0 Å². The normalized spacial score (nSPS) is 16.6. The van der Waals surface area contributed by atoms with Crippen LogP contribution >= 0.6 is 0 Å². The van der Waals surface area contributed by atoms with Crippen molar-refractivity contribution in [1.29, 1.82) is 5.26 Å². The minimum Gasteiger partial charge on any atom is -0.345 e. The second kappa shape index (κ2) is 9.48. The first kappa shape index (κ1) is 22.8. The molecule has 0 aliphatic heterocycles. The zero-order chi connectivity index (χ0) is 22.6. The number of fused-ring (bicyclic) bond motifs is 1. The standard InChI is InChI=1S/C23H31N5O3/c1-23(2,3)20(21-25-18-9-8-16(12-24)11-19(18)26-21)27-22(30)17(13-28(31)14-29)10-15-6-4-5-7-15/h8-9,11,14-15,17,20,31H,4-7,10,13H2,1-3H3,(H,25,26)(H,27,30)/t17-,20-/m1/s1. The number of hydroxylamine groups is 2. The Balaban J connectivity index is 1.85. The summed E-state index contributed by atoms with van der Waals surface area (Å²) in [5.41, 5.74) is 1.65. The third-order valence-corrected chi connectivity index (χ3v) is 6.05. The van der Waals surface area contributed by atoms with Gasteiger partial charge in [-0.3, -0.25) is 14.8 Å². The Bertz CT molecular complexity index is 966. The van der Waals surface area contributed by atoms with E-state index in [1.165, 1.54) is 0 Å². The number of carbonyl (C=O) groups excluding carboxylic acids is 2. The molecule has 166 valence electrons. The molecule has 1 aliphatic rings. The van der Waals surface area contributed by atoms with Crippen LogP contribution in [0.1, 0.15) is 70.3 Å². The summed E-state index contributed by atoms with van der Waals surface area (Å²) in [4.78, 5) is 32.1. The van der Waals surface area contributed by atoms with E-state index >= 15 is 0 Å². The summed E-state index contributed by atoms with van der Waals surface area (Å²) in [7, 11) is 0. The van der Waals surface area contributed by atoms with Crippen molar-refractivity contribution in [2.75, 3.05) is 6.54 Å². The lowest BCUT2D eigenvalue weighted by Gasteiger charge is -2.32. The summed E-state index contributed by atoms with van der Waals surface area (Å²) in [6.07, 6.45) is 5.43. The van der Waals surface area contributed by atoms with E-state index in [2.05, 4.69) is 21.4 Å². The molecule has 1 aromatic heterocycles. The molecule has 0 saturated heterocycles. The molecule has 8 heteroatoms. The van der Waals surface area contributed by atoms with Gasteiger partial charge in [0.25, 0.3) is 0 Å². The second-order valence-corrected chi connectivity index (χ2v) is 9.58. The van der Waals surface area contributed by atoms with Gasteiger partial charge < -0.3 is 10.3 Å². The first-order valence-corrected chi connectivity index (χ1v) is 10.8. The Kier molecular flexibility index (Phi) is 6.96. The van der Waals surface area contributed by atoms with Crippen molar-refractivity contribution < 1.29 is 14.8 Å². The highest BCUT2D eigenvalue weighted by Gasteiger charge is 2.34. The highest BCUT2D eigenvalue weighted by atomic mass is 16.5. The predicted octanol–water partition coefficient (Wildman–Crippen LogP) is 3.68. The third kappa shape index (κ3) is 5.61. The first-order valence-electron chi connectivity index (χ1n) is 10.8. The number of nitrogens with zero attached hydrogens (tertiary/aromatic N) is 3. The highest BCUT2D eigenvalue weighted by Crippen LogP contribution is 2.34. The lowest BCUT2D eigenvalue weighted by molar-refractivity contribution is -0.155. The van der Waals surface area contributed by atoms with E-state index in [0.29, 0.717) is 35.2 Å². The number of nitriles is 1. The van der Waals surface area contributed by atoms with Gasteiger partial charge >= 0.3 is 0 Å². The van der Waals surface area contributed by atoms with Gasteiger partial charge in [-0.15, -0.1) is 0 Å². The second-order valence-electron chi connectivity index (χ2n) is 9.58. The number of hydrogen-bond donors (Lipinski definition) is 3. The SMILES string of the molecule is CC(C)(C)[C@H](NC(=O)[C@H](CC1CCCC1)CN(O)C=O)c1nc2ccc(C#N)cc2[nH]1. The van der Waals surface area contributed by atoms with E-state index < -0.39 is 12.0 Å². The number of aromatic nitrogens is 2. The van der Waals surface area contributed by atoms with Crippen LogP contribution in [0.25, 0.3) is 11.0 Å². The molecule has 1 heterocycles. The molecule has 0 bridgehead atoms. The van der Waals surface area contributed by atoms with Gasteiger partial charge in [-0.1, -0.05) is 46.5 Å². The molecule has 0 unspecified atom stereocenters. The Labute approximate surface area is 182 Å². The number of nitrogens with one attached hydrogen (secondary N) is 2. The molecule has 31 heavy (non-hydrogen) atoms. The molecular formula is C23H31N5O3. The van der Waals surface area contributed by atoms with E-state index in [1.54, 1.807) is 18.2 Å². The molecular weight excluding hydrogens is 394 g/mol. The maximum atomic E-state index is 13.3. The Hall–Kier alpha value is -2.92. The molecule has 1 aliphatic carbocycles. The first-order chi connectivity index (χ1) is 14.7. The lowest BCUT2D eigenvalue weighted by atomic mass is 9.85. The minimum atomic E-state index is -0.502. The molecule has 8 nitrogen and oxygen atoms in total. The summed E-state index contributed by atoms with van der Waals surface area (Å²) >= 11 is 0. The molecule has 0 spiro atoms. The molecule has 1 saturated carbocycles. The van der Waals surface area contributed by atoms with Crippen molar-refractivity contribution in [3.63, 3.8) is 0 Å². The van der Waals surface area contributed by atoms with Crippen molar-refractivity contribution >= 4 is 23.4 Å². The van der Waals surface area contributed by atoms with Crippen LogP contribution in [-0.2, 0) is 9.59 Å². The van der Waals surface area contributed by atoms with Gasteiger partial charge in [0.05, 0.1) is 41.2 Å². The topological polar surface area (TPSA) is 122 Å². The number of amides is 2. The Morgan fingerprint density at radius 1 is 1.42 bits per heavy atom. The molecule has 1 fully saturated rings. The van der Waals surface area contributed by atoms with Gasteiger partial charge in [0.1, 0.15) is 5.82 Å². The van der Waals surface area contributed by atoms with Crippen LogP contribution < -0.4 is 5.32 Å². The zero-order valence-corrected chi connectivity index (χ0v) is 18.4. The van der Waals surface area contributed by atoms with Crippen molar-refractivity contribution in [3.05, 3.63) is 29.6 Å². The summed E-state index contributed by atoms with van der Waals surface area (Å²) in [5.74, 6) is 0.338. The van der Waals surface area contributed by atoms with Gasteiger partial charge in [-0.2, -0.15) is 5.26 Å². The van der Waals surface area contributed by atoms with Gasteiger partial charge in [0.2, 0.25) is 12.3 Å². The lowest BCUT2D eigenvalue weighted by Crippen LogP contribution is -2.43. The van der Waals surface area contributed by atoms with Crippen LogP contribution in [0.4, 0.5) is 0 Å². The van der Waals surface area contributed by atoms with Crippen molar-refractivity contribution in [3.8, 4) is 6.07 Å². The summed E-state index contributed by atoms with van der Waals surface area (Å²) in [6.45, 7) is 6.01. The predicted molar refractivity (Wildman–Crippen MR) is 116 cm³/mol. The number of H-pyrrole nitrogens is 1. The van der Waals surface area contributed by atoms with Crippen molar-refractivity contribution in [2.24, 2.45) is 17.3 Å². The van der Waals surface area contributed by atoms with Crippen LogP contribution in [0.2, 0.25) is 0 Å². The number of carbonyl (C=O) groups is 2. The van der Waals surface area contributed by atoms with Crippen LogP contribution in [0.15, 0.2) is 18.2 Å². The van der Waals surface area contributed by atoms with Gasteiger partial charge in [0.15, 0.2) is 0 Å². The van der Waals surface area contributed by atoms with Crippen LogP contribution in [-0.4, -0.2) is 39.1 Å². The number of aromatic amines is 1. The molecule has 2 aromatic rings. The van der Waals surface area contributed by atoms with Crippen molar-refractivity contribution in [1.82, 2.24) is 20.3 Å². The van der Waals surface area contributed by atoms with E-state index in [0.717, 1.165) is 36.7 Å². The number of hydrogen-bond acceptors (Lipinski definition) is 5. The van der Waals surface area contributed by atoms with Gasteiger partial charge in [-0.25, -0.2) is 10.0 Å². The van der Waals surface area contributed by atoms with E-state index in [9.17, 15) is 14.8 Å². The van der Waals surface area contributed by atoms with Crippen LogP contribution in [0, 0.1) is 28.6 Å². The molecule has 1 aromatic carbocycles. The number of rotatable bonds is 8. The Morgan fingerprint density at radius 3 is 2.74 bits per heavy atom. The fraction of sp³-hybridized carbons (Fsp3) is 0.565. The molecule has 3 N–H and O–H groups in total.